The van der Waals surface area contributed by atoms with E-state index in [0.29, 0.717) is 13.0 Å². The minimum atomic E-state index is -4.14. The highest BCUT2D eigenvalue weighted by atomic mass is 127. The molecule has 0 radical (unpaired) electrons. The minimum absolute atomic E-state index is 0.0252. The summed E-state index contributed by atoms with van der Waals surface area (Å²) in [6, 6.07) is 3.84. The van der Waals surface area contributed by atoms with Gasteiger partial charge in [0.1, 0.15) is 19.9 Å². The van der Waals surface area contributed by atoms with Crippen molar-refractivity contribution < 1.29 is 23.1 Å². The van der Waals surface area contributed by atoms with E-state index in [1.165, 1.54) is 25.3 Å². The molecular formula is C20H26IN3O7S. The molecule has 1 aliphatic rings. The van der Waals surface area contributed by atoms with Gasteiger partial charge >= 0.3 is 0 Å². The Kier molecular flexibility index (Phi) is 7.49. The number of hydrogen-bond donors (Lipinski definition) is 3. The summed E-state index contributed by atoms with van der Waals surface area (Å²) >= 11 is 2.23. The van der Waals surface area contributed by atoms with Crippen molar-refractivity contribution in [1.29, 1.82) is 0 Å². The topological polar surface area (TPSA) is 134 Å². The quantitative estimate of drug-likeness (QED) is 0.128. The largest absolute Gasteiger partial charge is 0.504 e. The van der Waals surface area contributed by atoms with E-state index in [1.807, 2.05) is 6.92 Å². The number of phenolic OH excluding ortho intramolecular Hbond substituents is 1. The predicted octanol–water partition coefficient (Wildman–Crippen LogP) is 2.44. The van der Waals surface area contributed by atoms with Crippen molar-refractivity contribution in [1.82, 2.24) is 4.47 Å². The predicted molar refractivity (Wildman–Crippen MR) is 129 cm³/mol. The third kappa shape index (κ3) is 4.38. The van der Waals surface area contributed by atoms with Crippen molar-refractivity contribution >= 4 is 49.7 Å². The molecule has 3 rings (SSSR count). The number of para-hydroxylation sites is 1. The third-order valence-electron chi connectivity index (χ3n) is 5.43. The molecule has 0 amide bonds. The maximum absolute atomic E-state index is 12.7. The van der Waals surface area contributed by atoms with Crippen molar-refractivity contribution in [2.45, 2.75) is 47.7 Å². The van der Waals surface area contributed by atoms with Crippen LogP contribution >= 0.6 is 22.6 Å². The number of nitrogens with zero attached hydrogens (tertiary/aromatic N) is 1. The second-order valence-corrected chi connectivity index (χ2v) is 11.0. The van der Waals surface area contributed by atoms with Crippen LogP contribution in [-0.2, 0) is 19.6 Å². The van der Waals surface area contributed by atoms with E-state index in [4.69, 9.17) is 9.57 Å². The van der Waals surface area contributed by atoms with Gasteiger partial charge in [-0.25, -0.2) is 8.42 Å². The van der Waals surface area contributed by atoms with Crippen LogP contribution in [0, 0.1) is 0 Å². The Bertz CT molecular complexity index is 1150. The first kappa shape index (κ1) is 24.9. The van der Waals surface area contributed by atoms with Gasteiger partial charge in [0.2, 0.25) is 0 Å². The lowest BCUT2D eigenvalue weighted by atomic mass is 10.0. The number of rotatable bonds is 10. The maximum atomic E-state index is 12.7. The molecule has 1 saturated heterocycles. The van der Waals surface area contributed by atoms with Gasteiger partial charge < -0.3 is 20.5 Å². The summed E-state index contributed by atoms with van der Waals surface area (Å²) in [7, 11) is -2.93. The summed E-state index contributed by atoms with van der Waals surface area (Å²) in [5, 5.41) is 16.5. The lowest BCUT2D eigenvalue weighted by molar-refractivity contribution is -0.0443. The number of aromatic hydroxyl groups is 1. The molecular weight excluding hydrogens is 553 g/mol. The number of benzene rings is 1. The molecule has 2 aromatic rings. The summed E-state index contributed by atoms with van der Waals surface area (Å²) in [4.78, 5) is 29.0. The molecule has 1 fully saturated rings. The lowest BCUT2D eigenvalue weighted by Crippen LogP contribution is -2.46. The molecule has 1 heterocycles. The Morgan fingerprint density at radius 3 is 2.53 bits per heavy atom. The number of ether oxygens (including phenoxy) is 1. The SMILES string of the molecule is CC[C@@H](Nc1c(Nc2cccc(S(=O)(=O)N(CC)OC)c2O)c(=O)c1=O)C1(I)CCCO1. The number of phenols is 1. The highest BCUT2D eigenvalue weighted by molar-refractivity contribution is 14.1. The normalized spacial score (nSPS) is 20.0. The number of sulfonamides is 1. The molecule has 176 valence electrons. The number of anilines is 3. The second-order valence-electron chi connectivity index (χ2n) is 7.34. The first-order chi connectivity index (χ1) is 15.1. The number of alkyl halides is 1. The van der Waals surface area contributed by atoms with Gasteiger partial charge in [-0.05, 0) is 60.9 Å². The van der Waals surface area contributed by atoms with Crippen LogP contribution < -0.4 is 21.5 Å². The molecule has 0 aliphatic carbocycles. The lowest BCUT2D eigenvalue weighted by Gasteiger charge is -2.33. The van der Waals surface area contributed by atoms with E-state index in [9.17, 15) is 23.1 Å². The van der Waals surface area contributed by atoms with Gasteiger partial charge in [-0.15, -0.1) is 0 Å². The molecule has 10 nitrogen and oxygen atoms in total. The fourth-order valence-electron chi connectivity index (χ4n) is 3.71. The zero-order chi connectivity index (χ0) is 23.7. The number of nitrogens with one attached hydrogen (secondary N) is 2. The van der Waals surface area contributed by atoms with Gasteiger partial charge in [0.15, 0.2) is 5.75 Å². The van der Waals surface area contributed by atoms with Gasteiger partial charge in [0.25, 0.3) is 20.9 Å². The molecule has 2 aromatic carbocycles. The van der Waals surface area contributed by atoms with Crippen LogP contribution in [0.4, 0.5) is 17.1 Å². The summed E-state index contributed by atoms with van der Waals surface area (Å²) in [5.74, 6) is -0.585. The van der Waals surface area contributed by atoms with Crippen LogP contribution in [0.15, 0.2) is 32.7 Å². The van der Waals surface area contributed by atoms with E-state index >= 15 is 0 Å². The monoisotopic (exact) mass is 579 g/mol. The van der Waals surface area contributed by atoms with Gasteiger partial charge in [0, 0.05) is 13.2 Å². The maximum Gasteiger partial charge on any atom is 0.268 e. The summed E-state index contributed by atoms with van der Waals surface area (Å²) < 4.78 is 31.6. The van der Waals surface area contributed by atoms with Crippen LogP contribution in [0.2, 0.25) is 0 Å². The molecule has 0 aromatic heterocycles. The number of hydroxylamine groups is 1. The Balaban J connectivity index is 1.92. The summed E-state index contributed by atoms with van der Waals surface area (Å²) in [6.45, 7) is 4.19. The minimum Gasteiger partial charge on any atom is -0.504 e. The first-order valence-electron chi connectivity index (χ1n) is 10.2. The van der Waals surface area contributed by atoms with E-state index in [2.05, 4.69) is 33.2 Å². The molecule has 0 spiro atoms. The van der Waals surface area contributed by atoms with E-state index in [-0.39, 0.29) is 29.6 Å². The van der Waals surface area contributed by atoms with Gasteiger partial charge in [-0.3, -0.25) is 14.4 Å². The Morgan fingerprint density at radius 2 is 1.97 bits per heavy atom. The fraction of sp³-hybridized carbons (Fsp3) is 0.500. The van der Waals surface area contributed by atoms with Crippen molar-refractivity contribution in [3.63, 3.8) is 0 Å². The smallest absolute Gasteiger partial charge is 0.268 e. The van der Waals surface area contributed by atoms with Gasteiger partial charge in [-0.2, -0.15) is 0 Å². The summed E-state index contributed by atoms with van der Waals surface area (Å²) in [5.41, 5.74) is -1.40. The van der Waals surface area contributed by atoms with Gasteiger partial charge in [0.05, 0.1) is 18.8 Å². The molecule has 12 heteroatoms. The first-order valence-corrected chi connectivity index (χ1v) is 12.7. The number of halogens is 1. The third-order valence-corrected chi connectivity index (χ3v) is 8.86. The van der Waals surface area contributed by atoms with Crippen LogP contribution in [0.1, 0.15) is 33.1 Å². The molecule has 2 atom stereocenters. The van der Waals surface area contributed by atoms with E-state index < -0.39 is 35.1 Å². The Morgan fingerprint density at radius 1 is 1.28 bits per heavy atom. The van der Waals surface area contributed by atoms with Crippen molar-refractivity contribution in [3.8, 4) is 5.75 Å². The van der Waals surface area contributed by atoms with E-state index in [1.54, 1.807) is 6.92 Å². The van der Waals surface area contributed by atoms with Crippen molar-refractivity contribution in [2.75, 3.05) is 30.9 Å². The zero-order valence-electron chi connectivity index (χ0n) is 18.0. The molecule has 32 heavy (non-hydrogen) atoms. The zero-order valence-corrected chi connectivity index (χ0v) is 20.9. The van der Waals surface area contributed by atoms with Crippen molar-refractivity contribution in [3.05, 3.63) is 38.6 Å². The number of hydrogen-bond acceptors (Lipinski definition) is 9. The average Bonchev–Trinajstić information content (AvgIpc) is 3.21. The molecule has 0 saturated carbocycles. The standard InChI is InChI=1S/C20H26IN3O7S/c1-4-14(20(21)10-7-11-31-20)23-16-15(18(26)19(16)27)22-12-8-6-9-13(17(12)25)32(28,29)24(5-2)30-3/h6,8-9,14,22-23,25H,4-5,7,10-11H2,1-3H3/t14-,20?/m1/s1. The van der Waals surface area contributed by atoms with Gasteiger partial charge in [-0.1, -0.05) is 17.5 Å². The van der Waals surface area contributed by atoms with Crippen molar-refractivity contribution in [2.24, 2.45) is 0 Å². The molecule has 0 bridgehead atoms. The highest BCUT2D eigenvalue weighted by Gasteiger charge is 2.41. The Labute approximate surface area is 199 Å². The summed E-state index contributed by atoms with van der Waals surface area (Å²) in [6.07, 6.45) is 2.37. The second kappa shape index (κ2) is 9.63. The Hall–Kier alpha value is -1.74. The van der Waals surface area contributed by atoms with Crippen LogP contribution in [0.5, 0.6) is 5.75 Å². The van der Waals surface area contributed by atoms with Crippen LogP contribution in [0.25, 0.3) is 0 Å². The van der Waals surface area contributed by atoms with E-state index in [0.717, 1.165) is 17.3 Å². The average molecular weight is 579 g/mol. The molecule has 1 aliphatic heterocycles. The van der Waals surface area contributed by atoms with Crippen LogP contribution in [-0.4, -0.2) is 47.9 Å². The molecule has 1 unspecified atom stereocenters. The highest BCUT2D eigenvalue weighted by Crippen LogP contribution is 2.40. The van der Waals surface area contributed by atoms with Crippen LogP contribution in [0.3, 0.4) is 0 Å². The molecule has 3 N–H and O–H groups in total. The fourth-order valence-corrected chi connectivity index (χ4v) is 6.27.